The van der Waals surface area contributed by atoms with Crippen molar-refractivity contribution in [2.75, 3.05) is 32.7 Å². The van der Waals surface area contributed by atoms with E-state index in [2.05, 4.69) is 72.2 Å². The maximum Gasteiger partial charge on any atom is 0.311 e. The molecule has 6 rings (SSSR count). The fourth-order valence-corrected chi connectivity index (χ4v) is 7.76. The molecule has 4 aliphatic rings. The van der Waals surface area contributed by atoms with Crippen molar-refractivity contribution >= 4 is 17.6 Å². The highest BCUT2D eigenvalue weighted by atomic mass is 35.5. The minimum absolute atomic E-state index is 0.0208. The number of carbonyl (C=O) groups is 1. The highest BCUT2D eigenvalue weighted by molar-refractivity contribution is 6.30. The number of carbonyl (C=O) groups excluding carboxylic acids is 1. The quantitative estimate of drug-likeness (QED) is 0.340. The zero-order valence-electron chi connectivity index (χ0n) is 22.1. The number of halogens is 1. The van der Waals surface area contributed by atoms with Crippen LogP contribution in [0, 0.1) is 23.2 Å². The van der Waals surface area contributed by atoms with Gasteiger partial charge in [0, 0.05) is 43.7 Å². The van der Waals surface area contributed by atoms with E-state index in [9.17, 15) is 4.79 Å². The molecule has 4 nitrogen and oxygen atoms in total. The molecular weight excluding hydrogens is 480 g/mol. The predicted molar refractivity (Wildman–Crippen MR) is 148 cm³/mol. The average Bonchev–Trinajstić information content (AvgIpc) is 3.19. The van der Waals surface area contributed by atoms with Crippen LogP contribution in [0.5, 0.6) is 0 Å². The lowest BCUT2D eigenvalue weighted by Gasteiger charge is -2.46. The number of nitrogens with zero attached hydrogens (tertiary/aromatic N) is 2. The lowest BCUT2D eigenvalue weighted by molar-refractivity contribution is -0.145. The van der Waals surface area contributed by atoms with Crippen molar-refractivity contribution in [3.8, 4) is 0 Å². The van der Waals surface area contributed by atoms with Gasteiger partial charge in [-0.1, -0.05) is 86.0 Å². The molecule has 2 heterocycles. The van der Waals surface area contributed by atoms with Gasteiger partial charge in [-0.2, -0.15) is 0 Å². The second kappa shape index (κ2) is 10.2. The smallest absolute Gasteiger partial charge is 0.311 e. The lowest BCUT2D eigenvalue weighted by Crippen LogP contribution is -2.50. The van der Waals surface area contributed by atoms with Crippen molar-refractivity contribution in [2.45, 2.75) is 51.7 Å². The first-order chi connectivity index (χ1) is 17.9. The van der Waals surface area contributed by atoms with E-state index in [-0.39, 0.29) is 35.4 Å². The Kier molecular flexibility index (Phi) is 6.94. The normalized spacial score (nSPS) is 33.3. The van der Waals surface area contributed by atoms with Crippen LogP contribution in [0.25, 0.3) is 0 Å². The van der Waals surface area contributed by atoms with Crippen LogP contribution in [-0.2, 0) is 9.53 Å². The molecule has 2 aliphatic heterocycles. The van der Waals surface area contributed by atoms with Gasteiger partial charge in [-0.15, -0.1) is 0 Å². The number of benzene rings is 2. The molecule has 0 radical (unpaired) electrons. The van der Waals surface area contributed by atoms with Gasteiger partial charge in [0.05, 0.1) is 12.0 Å². The van der Waals surface area contributed by atoms with Gasteiger partial charge >= 0.3 is 5.97 Å². The van der Waals surface area contributed by atoms with Gasteiger partial charge < -0.3 is 4.74 Å². The fourth-order valence-electron chi connectivity index (χ4n) is 7.64. The van der Waals surface area contributed by atoms with Gasteiger partial charge in [-0.25, -0.2) is 0 Å². The van der Waals surface area contributed by atoms with Crippen LogP contribution in [0.2, 0.25) is 5.02 Å². The molecule has 6 atom stereocenters. The summed E-state index contributed by atoms with van der Waals surface area (Å²) in [7, 11) is 0. The summed E-state index contributed by atoms with van der Waals surface area (Å²) in [5, 5.41) is 0.766. The standard InChI is InChI=1S/C32H39ClN2O2/c1-22-7-6-14-32(2)20-29-26(19-28(22)32)27(31(36)37-29)21-34-15-17-35(18-16-34)30(23-8-4-3-5-9-23)24-10-12-25(33)13-11-24/h3-5,8-13,19,22,26-27,29-30H,6-7,14-18,20-21H2,1-2H3/t22-,26+,27-,29-,30+,32+/m1/s1. The van der Waals surface area contributed by atoms with Gasteiger partial charge in [-0.05, 0) is 53.9 Å². The Bertz CT molecular complexity index is 1140. The largest absolute Gasteiger partial charge is 0.461 e. The second-order valence-electron chi connectivity index (χ2n) is 12.0. The van der Waals surface area contributed by atoms with E-state index in [1.54, 1.807) is 5.57 Å². The third-order valence-electron chi connectivity index (χ3n) is 9.61. The van der Waals surface area contributed by atoms with Crippen molar-refractivity contribution in [3.05, 3.63) is 82.4 Å². The first-order valence-electron chi connectivity index (χ1n) is 14.1. The van der Waals surface area contributed by atoms with Gasteiger partial charge in [0.25, 0.3) is 0 Å². The number of piperazine rings is 1. The molecule has 2 saturated heterocycles. The molecular formula is C32H39ClN2O2. The monoisotopic (exact) mass is 518 g/mol. The average molecular weight is 519 g/mol. The Morgan fingerprint density at radius 2 is 1.73 bits per heavy atom. The summed E-state index contributed by atoms with van der Waals surface area (Å²) >= 11 is 6.20. The van der Waals surface area contributed by atoms with Crippen LogP contribution in [0.4, 0.5) is 0 Å². The minimum atomic E-state index is -0.0380. The Balaban J connectivity index is 1.15. The van der Waals surface area contributed by atoms with Crippen LogP contribution >= 0.6 is 11.6 Å². The van der Waals surface area contributed by atoms with Crippen molar-refractivity contribution in [3.63, 3.8) is 0 Å². The molecule has 0 bridgehead atoms. The molecule has 3 fully saturated rings. The minimum Gasteiger partial charge on any atom is -0.461 e. The van der Waals surface area contributed by atoms with E-state index >= 15 is 0 Å². The maximum atomic E-state index is 13.1. The molecule has 2 aliphatic carbocycles. The van der Waals surface area contributed by atoms with E-state index in [4.69, 9.17) is 16.3 Å². The van der Waals surface area contributed by atoms with E-state index < -0.39 is 0 Å². The lowest BCUT2D eigenvalue weighted by atomic mass is 9.59. The summed E-state index contributed by atoms with van der Waals surface area (Å²) in [5.41, 5.74) is 4.39. The first-order valence-corrected chi connectivity index (χ1v) is 14.5. The van der Waals surface area contributed by atoms with Crippen LogP contribution in [0.3, 0.4) is 0 Å². The summed E-state index contributed by atoms with van der Waals surface area (Å²) in [4.78, 5) is 18.1. The summed E-state index contributed by atoms with van der Waals surface area (Å²) in [6.45, 7) is 9.43. The first kappa shape index (κ1) is 25.2. The van der Waals surface area contributed by atoms with Gasteiger partial charge in [0.1, 0.15) is 6.10 Å². The van der Waals surface area contributed by atoms with Crippen molar-refractivity contribution in [2.24, 2.45) is 23.2 Å². The molecule has 0 aromatic heterocycles. The predicted octanol–water partition coefficient (Wildman–Crippen LogP) is 6.36. The number of rotatable bonds is 5. The summed E-state index contributed by atoms with van der Waals surface area (Å²) in [6.07, 6.45) is 7.33. The molecule has 0 unspecified atom stereocenters. The van der Waals surface area contributed by atoms with Crippen LogP contribution in [0.15, 0.2) is 66.2 Å². The highest BCUT2D eigenvalue weighted by Crippen LogP contribution is 2.54. The summed E-state index contributed by atoms with van der Waals surface area (Å²) in [6, 6.07) is 19.2. The number of fused-ring (bicyclic) bond motifs is 2. The van der Waals surface area contributed by atoms with E-state index in [1.807, 2.05) is 12.1 Å². The maximum absolute atomic E-state index is 13.1. The van der Waals surface area contributed by atoms with Crippen LogP contribution < -0.4 is 0 Å². The number of hydrogen-bond acceptors (Lipinski definition) is 4. The molecule has 196 valence electrons. The Morgan fingerprint density at radius 1 is 1.03 bits per heavy atom. The number of hydrogen-bond donors (Lipinski definition) is 0. The highest BCUT2D eigenvalue weighted by Gasteiger charge is 2.52. The number of allylic oxidation sites excluding steroid dienone is 1. The molecule has 37 heavy (non-hydrogen) atoms. The van der Waals surface area contributed by atoms with Gasteiger partial charge in [0.15, 0.2) is 0 Å². The van der Waals surface area contributed by atoms with E-state index in [0.29, 0.717) is 5.92 Å². The molecule has 2 aromatic rings. The van der Waals surface area contributed by atoms with Crippen molar-refractivity contribution in [1.82, 2.24) is 9.80 Å². The van der Waals surface area contributed by atoms with Crippen molar-refractivity contribution in [1.29, 1.82) is 0 Å². The molecule has 5 heteroatoms. The zero-order chi connectivity index (χ0) is 25.6. The Hall–Kier alpha value is -2.14. The van der Waals surface area contributed by atoms with E-state index in [0.717, 1.165) is 44.2 Å². The Morgan fingerprint density at radius 3 is 2.46 bits per heavy atom. The number of esters is 1. The molecule has 2 aromatic carbocycles. The molecule has 1 saturated carbocycles. The van der Waals surface area contributed by atoms with E-state index in [1.165, 1.54) is 30.4 Å². The fraction of sp³-hybridized carbons (Fsp3) is 0.531. The second-order valence-corrected chi connectivity index (χ2v) is 12.5. The van der Waals surface area contributed by atoms with Gasteiger partial charge in [-0.3, -0.25) is 14.6 Å². The summed E-state index contributed by atoms with van der Waals surface area (Å²) < 4.78 is 6.02. The molecule has 0 N–H and O–H groups in total. The topological polar surface area (TPSA) is 32.8 Å². The van der Waals surface area contributed by atoms with Crippen LogP contribution in [0.1, 0.15) is 56.7 Å². The SMILES string of the molecule is C[C@@H]1CCC[C@@]2(C)C[C@H]3OC(=O)[C@H](CN4CCN([C@@H](c5ccccc5)c5ccc(Cl)cc5)CC4)[C@@H]3C=C12. The zero-order valence-corrected chi connectivity index (χ0v) is 22.9. The molecule has 0 spiro atoms. The van der Waals surface area contributed by atoms with Crippen molar-refractivity contribution < 1.29 is 9.53 Å². The third-order valence-corrected chi connectivity index (χ3v) is 9.86. The van der Waals surface area contributed by atoms with Crippen LogP contribution in [-0.4, -0.2) is 54.6 Å². The summed E-state index contributed by atoms with van der Waals surface area (Å²) in [5.74, 6) is 0.846. The third kappa shape index (κ3) is 4.89. The molecule has 0 amide bonds. The van der Waals surface area contributed by atoms with Gasteiger partial charge in [0.2, 0.25) is 0 Å². The number of ether oxygens (including phenoxy) is 1. The Labute approximate surface area is 226 Å².